The number of halogens is 4. The van der Waals surface area contributed by atoms with Crippen LogP contribution >= 0.6 is 12.4 Å². The third-order valence-electron chi connectivity index (χ3n) is 2.43. The molecular weight excluding hydrogens is 245 g/mol. The third-order valence-corrected chi connectivity index (χ3v) is 2.43. The lowest BCUT2D eigenvalue weighted by molar-refractivity contribution is -0.174. The van der Waals surface area contributed by atoms with Crippen molar-refractivity contribution in [2.45, 2.75) is 19.1 Å². The van der Waals surface area contributed by atoms with E-state index in [2.05, 4.69) is 21.9 Å². The fourth-order valence-corrected chi connectivity index (χ4v) is 1.58. The molecule has 0 radical (unpaired) electrons. The van der Waals surface area contributed by atoms with E-state index in [-0.39, 0.29) is 19.0 Å². The van der Waals surface area contributed by atoms with Crippen LogP contribution in [0.15, 0.2) is 0 Å². The van der Waals surface area contributed by atoms with Gasteiger partial charge >= 0.3 is 6.18 Å². The van der Waals surface area contributed by atoms with Gasteiger partial charge in [0.15, 0.2) is 0 Å². The first kappa shape index (κ1) is 16.0. The second kappa shape index (κ2) is 7.32. The standard InChI is InChI=1S/C9H17F3N2O.ClH/c1-8-6-13-2-3-14(8)4-5-15-7-9(10,11)12;/h8,13H,2-7H2,1H3;1H/t8-;/m0./s1. The highest BCUT2D eigenvalue weighted by Crippen LogP contribution is 2.14. The maximum absolute atomic E-state index is 11.7. The van der Waals surface area contributed by atoms with Gasteiger partial charge < -0.3 is 10.1 Å². The van der Waals surface area contributed by atoms with Crippen LogP contribution in [0.2, 0.25) is 0 Å². The minimum absolute atomic E-state index is 0. The summed E-state index contributed by atoms with van der Waals surface area (Å²) in [6.07, 6.45) is -4.21. The quantitative estimate of drug-likeness (QED) is 0.773. The lowest BCUT2D eigenvalue weighted by atomic mass is 10.2. The van der Waals surface area contributed by atoms with Crippen molar-refractivity contribution in [3.8, 4) is 0 Å². The number of hydrogen-bond donors (Lipinski definition) is 1. The van der Waals surface area contributed by atoms with E-state index in [4.69, 9.17) is 0 Å². The summed E-state index contributed by atoms with van der Waals surface area (Å²) in [5.41, 5.74) is 0. The molecule has 1 heterocycles. The summed E-state index contributed by atoms with van der Waals surface area (Å²) < 4.78 is 39.8. The average molecular weight is 263 g/mol. The van der Waals surface area contributed by atoms with E-state index >= 15 is 0 Å². The van der Waals surface area contributed by atoms with E-state index in [9.17, 15) is 13.2 Å². The van der Waals surface area contributed by atoms with Crippen molar-refractivity contribution in [2.24, 2.45) is 0 Å². The van der Waals surface area contributed by atoms with E-state index in [1.165, 1.54) is 0 Å². The lowest BCUT2D eigenvalue weighted by Gasteiger charge is -2.33. The van der Waals surface area contributed by atoms with Crippen LogP contribution in [0.5, 0.6) is 0 Å². The van der Waals surface area contributed by atoms with Gasteiger partial charge in [-0.2, -0.15) is 13.2 Å². The molecule has 1 atom stereocenters. The molecule has 1 rings (SSSR count). The van der Waals surface area contributed by atoms with E-state index in [1.807, 2.05) is 0 Å². The monoisotopic (exact) mass is 262 g/mol. The van der Waals surface area contributed by atoms with Crippen LogP contribution < -0.4 is 5.32 Å². The fraction of sp³-hybridized carbons (Fsp3) is 1.00. The summed E-state index contributed by atoms with van der Waals surface area (Å²) >= 11 is 0. The van der Waals surface area contributed by atoms with Gasteiger partial charge in [-0.15, -0.1) is 12.4 Å². The van der Waals surface area contributed by atoms with Gasteiger partial charge in [0.1, 0.15) is 6.61 Å². The summed E-state index contributed by atoms with van der Waals surface area (Å²) in [6.45, 7) is 4.27. The molecule has 0 unspecified atom stereocenters. The molecule has 0 aromatic carbocycles. The second-order valence-electron chi connectivity index (χ2n) is 3.76. The van der Waals surface area contributed by atoms with Crippen molar-refractivity contribution in [3.05, 3.63) is 0 Å². The largest absolute Gasteiger partial charge is 0.411 e. The molecule has 0 bridgehead atoms. The SMILES string of the molecule is C[C@H]1CNCCN1CCOCC(F)(F)F.Cl. The minimum Gasteiger partial charge on any atom is -0.371 e. The molecule has 1 aliphatic heterocycles. The molecule has 0 aromatic heterocycles. The zero-order chi connectivity index (χ0) is 11.3. The van der Waals surface area contributed by atoms with E-state index in [0.29, 0.717) is 12.6 Å². The molecule has 3 nitrogen and oxygen atoms in total. The molecule has 1 fully saturated rings. The smallest absolute Gasteiger partial charge is 0.371 e. The van der Waals surface area contributed by atoms with Crippen molar-refractivity contribution in [2.75, 3.05) is 39.4 Å². The van der Waals surface area contributed by atoms with Gasteiger partial charge in [-0.05, 0) is 6.92 Å². The van der Waals surface area contributed by atoms with Gasteiger partial charge in [-0.25, -0.2) is 0 Å². The molecule has 16 heavy (non-hydrogen) atoms. The molecule has 0 aliphatic carbocycles. The predicted molar refractivity (Wildman–Crippen MR) is 58.0 cm³/mol. The highest BCUT2D eigenvalue weighted by molar-refractivity contribution is 5.85. The Hall–Kier alpha value is -0.0400. The molecule has 0 amide bonds. The van der Waals surface area contributed by atoms with E-state index in [1.54, 1.807) is 0 Å². The van der Waals surface area contributed by atoms with Crippen LogP contribution in [0.1, 0.15) is 6.92 Å². The van der Waals surface area contributed by atoms with Crippen molar-refractivity contribution in [3.63, 3.8) is 0 Å². The maximum Gasteiger partial charge on any atom is 0.411 e. The Morgan fingerprint density at radius 2 is 2.12 bits per heavy atom. The van der Waals surface area contributed by atoms with E-state index < -0.39 is 12.8 Å². The molecule has 0 spiro atoms. The molecule has 7 heteroatoms. The van der Waals surface area contributed by atoms with Gasteiger partial charge in [-0.3, -0.25) is 4.90 Å². The number of ether oxygens (including phenoxy) is 1. The Kier molecular flexibility index (Phi) is 7.30. The normalized spacial score (nSPS) is 22.9. The summed E-state index contributed by atoms with van der Waals surface area (Å²) in [6, 6.07) is 0.369. The average Bonchev–Trinajstić information content (AvgIpc) is 2.13. The Morgan fingerprint density at radius 1 is 1.44 bits per heavy atom. The highest BCUT2D eigenvalue weighted by Gasteiger charge is 2.27. The molecule has 1 aliphatic rings. The van der Waals surface area contributed by atoms with Gasteiger partial charge in [0, 0.05) is 32.2 Å². The van der Waals surface area contributed by atoms with Crippen LogP contribution in [0.3, 0.4) is 0 Å². The Bertz CT molecular complexity index is 192. The highest BCUT2D eigenvalue weighted by atomic mass is 35.5. The molecule has 0 aromatic rings. The number of nitrogens with one attached hydrogen (secondary N) is 1. The van der Waals surface area contributed by atoms with Crippen molar-refractivity contribution >= 4 is 12.4 Å². The van der Waals surface area contributed by atoms with Crippen LogP contribution in [0.25, 0.3) is 0 Å². The second-order valence-corrected chi connectivity index (χ2v) is 3.76. The van der Waals surface area contributed by atoms with Crippen molar-refractivity contribution in [1.29, 1.82) is 0 Å². The zero-order valence-corrected chi connectivity index (χ0v) is 10.0. The number of hydrogen-bond acceptors (Lipinski definition) is 3. The summed E-state index contributed by atoms with van der Waals surface area (Å²) in [7, 11) is 0. The number of alkyl halides is 3. The van der Waals surface area contributed by atoms with Crippen molar-refractivity contribution < 1.29 is 17.9 Å². The first-order chi connectivity index (χ1) is 6.99. The Labute approximate surface area is 99.7 Å². The number of nitrogens with zero attached hydrogens (tertiary/aromatic N) is 1. The molecule has 1 N–H and O–H groups in total. The number of piperazine rings is 1. The molecule has 1 saturated heterocycles. The minimum atomic E-state index is -4.21. The van der Waals surface area contributed by atoms with Gasteiger partial charge in [0.25, 0.3) is 0 Å². The Morgan fingerprint density at radius 3 is 2.69 bits per heavy atom. The summed E-state index contributed by atoms with van der Waals surface area (Å²) in [5.74, 6) is 0. The van der Waals surface area contributed by atoms with Gasteiger partial charge in [-0.1, -0.05) is 0 Å². The van der Waals surface area contributed by atoms with Crippen molar-refractivity contribution in [1.82, 2.24) is 10.2 Å². The van der Waals surface area contributed by atoms with Crippen LogP contribution in [0, 0.1) is 0 Å². The first-order valence-corrected chi connectivity index (χ1v) is 5.08. The lowest BCUT2D eigenvalue weighted by Crippen LogP contribution is -2.50. The molecule has 98 valence electrons. The topological polar surface area (TPSA) is 24.5 Å². The van der Waals surface area contributed by atoms with E-state index in [0.717, 1.165) is 19.6 Å². The van der Waals surface area contributed by atoms with Crippen LogP contribution in [0.4, 0.5) is 13.2 Å². The molecule has 0 saturated carbocycles. The zero-order valence-electron chi connectivity index (χ0n) is 9.22. The van der Waals surface area contributed by atoms with Crippen LogP contribution in [-0.4, -0.2) is 56.5 Å². The maximum atomic E-state index is 11.7. The third kappa shape index (κ3) is 6.52. The van der Waals surface area contributed by atoms with Crippen LogP contribution in [-0.2, 0) is 4.74 Å². The van der Waals surface area contributed by atoms with Gasteiger partial charge in [0.05, 0.1) is 6.61 Å². The molecular formula is C9H18ClF3N2O. The fourth-order valence-electron chi connectivity index (χ4n) is 1.58. The predicted octanol–water partition coefficient (Wildman–Crippen LogP) is 1.28. The Balaban J connectivity index is 0.00000225. The van der Waals surface area contributed by atoms with Gasteiger partial charge in [0.2, 0.25) is 0 Å². The first-order valence-electron chi connectivity index (χ1n) is 5.08. The summed E-state index contributed by atoms with van der Waals surface area (Å²) in [4.78, 5) is 2.13. The number of rotatable bonds is 4. The summed E-state index contributed by atoms with van der Waals surface area (Å²) in [5, 5.41) is 3.22.